The maximum Gasteiger partial charge on any atom is 0.0319 e. The van der Waals surface area contributed by atoms with Gasteiger partial charge in [-0.2, -0.15) is 0 Å². The molecular weight excluding hydrogens is 256 g/mol. The van der Waals surface area contributed by atoms with Crippen LogP contribution in [0, 0.1) is 0 Å². The SMILES string of the molecule is CC(c1ccc(C(C)(C)C)cc1)N(C)C1CCC(N)CC1. The zero-order chi connectivity index (χ0) is 15.6. The van der Waals surface area contributed by atoms with Gasteiger partial charge in [0.15, 0.2) is 0 Å². The lowest BCUT2D eigenvalue weighted by Gasteiger charge is -2.37. The first-order valence-electron chi connectivity index (χ1n) is 8.37. The normalized spacial score (nSPS) is 25.1. The fourth-order valence-electron chi connectivity index (χ4n) is 3.32. The van der Waals surface area contributed by atoms with Gasteiger partial charge in [-0.25, -0.2) is 0 Å². The monoisotopic (exact) mass is 288 g/mol. The molecule has 0 amide bonds. The van der Waals surface area contributed by atoms with Gasteiger partial charge in [0, 0.05) is 18.1 Å². The van der Waals surface area contributed by atoms with Gasteiger partial charge in [-0.3, -0.25) is 4.90 Å². The van der Waals surface area contributed by atoms with E-state index < -0.39 is 0 Å². The van der Waals surface area contributed by atoms with Crippen LogP contribution in [0.2, 0.25) is 0 Å². The Morgan fingerprint density at radius 3 is 2.05 bits per heavy atom. The third-order valence-electron chi connectivity index (χ3n) is 5.19. The van der Waals surface area contributed by atoms with Gasteiger partial charge in [0.1, 0.15) is 0 Å². The summed E-state index contributed by atoms with van der Waals surface area (Å²) in [6, 6.07) is 10.8. The molecule has 0 radical (unpaired) electrons. The van der Waals surface area contributed by atoms with Crippen molar-refractivity contribution >= 4 is 0 Å². The van der Waals surface area contributed by atoms with E-state index in [-0.39, 0.29) is 5.41 Å². The van der Waals surface area contributed by atoms with Gasteiger partial charge in [0.25, 0.3) is 0 Å². The van der Waals surface area contributed by atoms with Crippen molar-refractivity contribution in [1.29, 1.82) is 0 Å². The second-order valence-corrected chi connectivity index (χ2v) is 7.78. The Labute approximate surface area is 130 Å². The molecule has 2 rings (SSSR count). The molecule has 1 atom stereocenters. The molecule has 0 bridgehead atoms. The molecule has 1 aliphatic rings. The Kier molecular flexibility index (Phi) is 5.11. The number of benzene rings is 1. The van der Waals surface area contributed by atoms with E-state index in [0.717, 1.165) is 0 Å². The van der Waals surface area contributed by atoms with Crippen LogP contribution in [0.25, 0.3) is 0 Å². The van der Waals surface area contributed by atoms with E-state index in [1.165, 1.54) is 36.8 Å². The van der Waals surface area contributed by atoms with E-state index in [2.05, 4.69) is 63.9 Å². The van der Waals surface area contributed by atoms with Gasteiger partial charge < -0.3 is 5.73 Å². The summed E-state index contributed by atoms with van der Waals surface area (Å²) in [6.07, 6.45) is 4.82. The van der Waals surface area contributed by atoms with Gasteiger partial charge in [-0.05, 0) is 56.2 Å². The van der Waals surface area contributed by atoms with E-state index in [9.17, 15) is 0 Å². The number of rotatable bonds is 3. The molecule has 1 aromatic carbocycles. The molecule has 118 valence electrons. The van der Waals surface area contributed by atoms with Crippen LogP contribution in [0.4, 0.5) is 0 Å². The third-order valence-corrected chi connectivity index (χ3v) is 5.19. The minimum absolute atomic E-state index is 0.229. The van der Waals surface area contributed by atoms with Crippen molar-refractivity contribution in [1.82, 2.24) is 4.90 Å². The molecule has 1 fully saturated rings. The number of nitrogens with zero attached hydrogens (tertiary/aromatic N) is 1. The minimum Gasteiger partial charge on any atom is -0.328 e. The lowest BCUT2D eigenvalue weighted by Crippen LogP contribution is -2.39. The summed E-state index contributed by atoms with van der Waals surface area (Å²) in [7, 11) is 2.27. The van der Waals surface area contributed by atoms with Crippen molar-refractivity contribution in [3.8, 4) is 0 Å². The lowest BCUT2D eigenvalue weighted by molar-refractivity contribution is 0.140. The summed E-state index contributed by atoms with van der Waals surface area (Å²) in [5, 5.41) is 0. The summed E-state index contributed by atoms with van der Waals surface area (Å²) >= 11 is 0. The Bertz CT molecular complexity index is 436. The summed E-state index contributed by atoms with van der Waals surface area (Å²) < 4.78 is 0. The van der Waals surface area contributed by atoms with E-state index in [1.807, 2.05) is 0 Å². The molecule has 2 nitrogen and oxygen atoms in total. The molecule has 21 heavy (non-hydrogen) atoms. The van der Waals surface area contributed by atoms with Crippen LogP contribution in [0.3, 0.4) is 0 Å². The highest BCUT2D eigenvalue weighted by Crippen LogP contribution is 2.30. The van der Waals surface area contributed by atoms with Crippen LogP contribution >= 0.6 is 0 Å². The Morgan fingerprint density at radius 2 is 1.57 bits per heavy atom. The molecule has 0 aliphatic heterocycles. The number of hydrogen-bond donors (Lipinski definition) is 1. The molecule has 1 aliphatic carbocycles. The zero-order valence-electron chi connectivity index (χ0n) is 14.4. The molecule has 0 heterocycles. The molecule has 2 N–H and O–H groups in total. The first-order valence-corrected chi connectivity index (χ1v) is 8.37. The highest BCUT2D eigenvalue weighted by atomic mass is 15.2. The summed E-state index contributed by atoms with van der Waals surface area (Å²) in [5.41, 5.74) is 9.08. The van der Waals surface area contributed by atoms with Crippen LogP contribution in [0.15, 0.2) is 24.3 Å². The predicted molar refractivity (Wildman–Crippen MR) is 91.6 cm³/mol. The zero-order valence-corrected chi connectivity index (χ0v) is 14.4. The molecule has 1 saturated carbocycles. The summed E-state index contributed by atoms with van der Waals surface area (Å²) in [4.78, 5) is 2.54. The molecule has 1 aromatic rings. The number of nitrogens with two attached hydrogens (primary N) is 1. The van der Waals surface area contributed by atoms with Crippen LogP contribution in [-0.2, 0) is 5.41 Å². The molecule has 0 spiro atoms. The Hall–Kier alpha value is -0.860. The standard InChI is InChI=1S/C19H32N2/c1-14(21(5)18-12-10-17(20)11-13-18)15-6-8-16(9-7-15)19(2,3)4/h6-9,14,17-18H,10-13,20H2,1-5H3. The maximum atomic E-state index is 6.02. The molecule has 0 saturated heterocycles. The van der Waals surface area contributed by atoms with Crippen molar-refractivity contribution in [2.45, 2.75) is 76.9 Å². The van der Waals surface area contributed by atoms with E-state index >= 15 is 0 Å². The molecule has 0 aromatic heterocycles. The minimum atomic E-state index is 0.229. The lowest BCUT2D eigenvalue weighted by atomic mass is 9.86. The van der Waals surface area contributed by atoms with E-state index in [0.29, 0.717) is 18.1 Å². The first kappa shape index (κ1) is 16.5. The largest absolute Gasteiger partial charge is 0.328 e. The average molecular weight is 288 g/mol. The third kappa shape index (κ3) is 4.08. The van der Waals surface area contributed by atoms with Gasteiger partial charge in [0.05, 0.1) is 0 Å². The predicted octanol–water partition coefficient (Wildman–Crippen LogP) is 4.25. The van der Waals surface area contributed by atoms with E-state index in [1.54, 1.807) is 0 Å². The van der Waals surface area contributed by atoms with Crippen LogP contribution in [0.1, 0.15) is 70.5 Å². The highest BCUT2D eigenvalue weighted by molar-refractivity contribution is 5.29. The summed E-state index contributed by atoms with van der Waals surface area (Å²) in [5.74, 6) is 0. The summed E-state index contributed by atoms with van der Waals surface area (Å²) in [6.45, 7) is 9.12. The smallest absolute Gasteiger partial charge is 0.0319 e. The van der Waals surface area contributed by atoms with Crippen molar-refractivity contribution in [2.75, 3.05) is 7.05 Å². The molecular formula is C19H32N2. The van der Waals surface area contributed by atoms with Crippen LogP contribution in [-0.4, -0.2) is 24.0 Å². The van der Waals surface area contributed by atoms with Crippen molar-refractivity contribution in [3.05, 3.63) is 35.4 Å². The van der Waals surface area contributed by atoms with Crippen molar-refractivity contribution in [2.24, 2.45) is 5.73 Å². The highest BCUT2D eigenvalue weighted by Gasteiger charge is 2.25. The van der Waals surface area contributed by atoms with Crippen molar-refractivity contribution < 1.29 is 0 Å². The average Bonchev–Trinajstić information content (AvgIpc) is 2.46. The number of hydrogen-bond acceptors (Lipinski definition) is 2. The Morgan fingerprint density at radius 1 is 1.05 bits per heavy atom. The van der Waals surface area contributed by atoms with Crippen molar-refractivity contribution in [3.63, 3.8) is 0 Å². The molecule has 1 unspecified atom stereocenters. The Balaban J connectivity index is 2.03. The second-order valence-electron chi connectivity index (χ2n) is 7.78. The van der Waals surface area contributed by atoms with Crippen LogP contribution in [0.5, 0.6) is 0 Å². The fourth-order valence-corrected chi connectivity index (χ4v) is 3.32. The topological polar surface area (TPSA) is 29.3 Å². The maximum absolute atomic E-state index is 6.02. The first-order chi connectivity index (χ1) is 9.79. The fraction of sp³-hybridized carbons (Fsp3) is 0.684. The molecule has 2 heteroatoms. The van der Waals surface area contributed by atoms with Gasteiger partial charge in [0.2, 0.25) is 0 Å². The van der Waals surface area contributed by atoms with Gasteiger partial charge in [-0.15, -0.1) is 0 Å². The quantitative estimate of drug-likeness (QED) is 0.901. The van der Waals surface area contributed by atoms with E-state index in [4.69, 9.17) is 5.73 Å². The van der Waals surface area contributed by atoms with Crippen LogP contribution < -0.4 is 5.73 Å². The second kappa shape index (κ2) is 6.50. The van der Waals surface area contributed by atoms with Gasteiger partial charge in [-0.1, -0.05) is 45.0 Å². The van der Waals surface area contributed by atoms with Gasteiger partial charge >= 0.3 is 0 Å².